The average molecular weight is 781 g/mol. The minimum Gasteiger partial charge on any atom is -0.468 e. The van der Waals surface area contributed by atoms with Gasteiger partial charge in [0.25, 0.3) is 16.6 Å². The second kappa shape index (κ2) is 17.9. The summed E-state index contributed by atoms with van der Waals surface area (Å²) in [5, 5.41) is 8.15. The lowest BCUT2D eigenvalue weighted by Crippen LogP contribution is -2.67. The summed E-state index contributed by atoms with van der Waals surface area (Å²) in [6, 6.07) is 41.9. The summed E-state index contributed by atoms with van der Waals surface area (Å²) in [6.45, 7) is 15.0. The number of methoxy groups -OCH3 is 2. The number of likely N-dealkylation sites (tertiary alicyclic amines) is 1. The zero-order valence-corrected chi connectivity index (χ0v) is 36.1. The SMILES string of the molecule is COC(=O)[C@@H]1C[C@@H](O[Si](c2ccccc2)(c2ccccc2)C(C)(C)C)CN1.COC(=O)[C@@H]1C[C@@H](O[Si](c2ccccc2)(c2ccccc2)C(C)(C)C)CN1C. The molecule has 2 heterocycles. The molecule has 0 saturated carbocycles. The van der Waals surface area contributed by atoms with E-state index in [9.17, 15) is 9.59 Å². The van der Waals surface area contributed by atoms with Crippen molar-refractivity contribution >= 4 is 49.3 Å². The Bertz CT molecular complexity index is 1740. The highest BCUT2D eigenvalue weighted by molar-refractivity contribution is 7.00. The third-order valence-corrected chi connectivity index (χ3v) is 21.3. The fourth-order valence-corrected chi connectivity index (χ4v) is 17.8. The van der Waals surface area contributed by atoms with Gasteiger partial charge in [0.15, 0.2) is 0 Å². The maximum Gasteiger partial charge on any atom is 0.323 e. The molecule has 4 aromatic carbocycles. The fraction of sp³-hybridized carbons (Fsp3) is 0.422. The summed E-state index contributed by atoms with van der Waals surface area (Å²) in [5.41, 5.74) is 0. The predicted octanol–water partition coefficient (Wildman–Crippen LogP) is 5.28. The van der Waals surface area contributed by atoms with Crippen LogP contribution in [0.3, 0.4) is 0 Å². The second-order valence-corrected chi connectivity index (χ2v) is 25.2. The van der Waals surface area contributed by atoms with Gasteiger partial charge in [0.1, 0.15) is 12.1 Å². The first-order chi connectivity index (χ1) is 26.2. The van der Waals surface area contributed by atoms with Crippen LogP contribution >= 0.6 is 0 Å². The Kier molecular flexibility index (Phi) is 13.8. The Hall–Kier alpha value is -3.91. The van der Waals surface area contributed by atoms with E-state index in [2.05, 4.69) is 144 Å². The van der Waals surface area contributed by atoms with Crippen molar-refractivity contribution in [1.29, 1.82) is 0 Å². The van der Waals surface area contributed by atoms with Gasteiger partial charge in [0.05, 0.1) is 26.4 Å². The number of carbonyl (C=O) groups excluding carboxylic acids is 2. The van der Waals surface area contributed by atoms with Crippen molar-refractivity contribution < 1.29 is 27.9 Å². The van der Waals surface area contributed by atoms with Crippen molar-refractivity contribution in [2.75, 3.05) is 34.4 Å². The van der Waals surface area contributed by atoms with Gasteiger partial charge in [0, 0.05) is 13.1 Å². The van der Waals surface area contributed by atoms with Crippen LogP contribution in [0.4, 0.5) is 0 Å². The topological polar surface area (TPSA) is 86.3 Å². The third kappa shape index (κ3) is 9.06. The van der Waals surface area contributed by atoms with Crippen LogP contribution in [-0.2, 0) is 27.9 Å². The summed E-state index contributed by atoms with van der Waals surface area (Å²) in [7, 11) is -0.328. The quantitative estimate of drug-likeness (QED) is 0.172. The van der Waals surface area contributed by atoms with E-state index >= 15 is 0 Å². The molecule has 0 aliphatic carbocycles. The maximum absolute atomic E-state index is 12.2. The Labute approximate surface area is 330 Å². The number of nitrogens with zero attached hydrogens (tertiary/aromatic N) is 1. The molecule has 1 N–H and O–H groups in total. The van der Waals surface area contributed by atoms with Gasteiger partial charge in [-0.1, -0.05) is 163 Å². The molecule has 2 aliphatic heterocycles. The molecule has 0 bridgehead atoms. The summed E-state index contributed by atoms with van der Waals surface area (Å²) in [6.07, 6.45) is 1.26. The lowest BCUT2D eigenvalue weighted by Gasteiger charge is -2.44. The summed E-state index contributed by atoms with van der Waals surface area (Å²) < 4.78 is 24.0. The van der Waals surface area contributed by atoms with E-state index in [-0.39, 0.29) is 46.3 Å². The molecule has 2 fully saturated rings. The van der Waals surface area contributed by atoms with Crippen LogP contribution in [0, 0.1) is 0 Å². The molecule has 0 radical (unpaired) electrons. The molecule has 2 aliphatic rings. The number of esters is 2. The minimum atomic E-state index is -2.60. The Morgan fingerprint density at radius 1 is 0.582 bits per heavy atom. The van der Waals surface area contributed by atoms with Crippen molar-refractivity contribution in [3.05, 3.63) is 121 Å². The van der Waals surface area contributed by atoms with E-state index < -0.39 is 16.6 Å². The zero-order valence-electron chi connectivity index (χ0n) is 34.1. The fourth-order valence-electron chi connectivity index (χ4n) is 8.45. The smallest absolute Gasteiger partial charge is 0.323 e. The van der Waals surface area contributed by atoms with Crippen LogP contribution in [0.5, 0.6) is 0 Å². The number of ether oxygens (including phenoxy) is 2. The van der Waals surface area contributed by atoms with E-state index in [1.54, 1.807) is 0 Å². The molecule has 294 valence electrons. The van der Waals surface area contributed by atoms with Crippen molar-refractivity contribution in [2.24, 2.45) is 0 Å². The monoisotopic (exact) mass is 780 g/mol. The van der Waals surface area contributed by atoms with Crippen molar-refractivity contribution in [3.63, 3.8) is 0 Å². The highest BCUT2D eigenvalue weighted by Gasteiger charge is 2.54. The van der Waals surface area contributed by atoms with Gasteiger partial charge < -0.3 is 23.6 Å². The van der Waals surface area contributed by atoms with Crippen LogP contribution in [0.1, 0.15) is 54.4 Å². The van der Waals surface area contributed by atoms with Gasteiger partial charge in [-0.3, -0.25) is 14.5 Å². The molecule has 0 aromatic heterocycles. The Balaban J connectivity index is 0.000000211. The normalized spacial score (nSPS) is 20.7. The first kappa shape index (κ1) is 42.2. The number of likely N-dealkylation sites (N-methyl/N-ethyl adjacent to an activating group) is 1. The number of hydrogen-bond acceptors (Lipinski definition) is 8. The van der Waals surface area contributed by atoms with E-state index in [1.807, 2.05) is 36.2 Å². The highest BCUT2D eigenvalue weighted by Crippen LogP contribution is 2.40. The molecule has 8 nitrogen and oxygen atoms in total. The number of carbonyl (C=O) groups is 2. The van der Waals surface area contributed by atoms with Gasteiger partial charge in [-0.2, -0.15) is 0 Å². The summed E-state index contributed by atoms with van der Waals surface area (Å²) >= 11 is 0. The largest absolute Gasteiger partial charge is 0.468 e. The molecule has 6 rings (SSSR count). The molecule has 0 unspecified atom stereocenters. The second-order valence-electron chi connectivity index (χ2n) is 16.7. The van der Waals surface area contributed by atoms with Gasteiger partial charge in [-0.15, -0.1) is 0 Å². The lowest BCUT2D eigenvalue weighted by atomic mass is 10.2. The average Bonchev–Trinajstić information content (AvgIpc) is 3.82. The standard InChI is InChI=1S/C23H31NO3Si.C22H29NO3Si/c1-23(2,3)28(19-12-8-6-9-13-19,20-14-10-7-11-15-20)27-18-16-21(22(25)26-5)24(4)17-18;1-22(2,3)27(18-11-7-5-8-12-18,19-13-9-6-10-14-19)26-17-15-20(23-16-17)21(24)25-4/h6-15,18,21H,16-17H2,1-5H3;5-14,17,20,23H,15-16H2,1-4H3/t18-,21+;17-,20+/m11/s1. The van der Waals surface area contributed by atoms with Gasteiger partial charge in [-0.25, -0.2) is 0 Å². The number of nitrogens with one attached hydrogen (secondary N) is 1. The van der Waals surface area contributed by atoms with E-state index in [4.69, 9.17) is 18.3 Å². The first-order valence-corrected chi connectivity index (χ1v) is 23.2. The summed E-state index contributed by atoms with van der Waals surface area (Å²) in [4.78, 5) is 26.1. The van der Waals surface area contributed by atoms with Crippen LogP contribution in [0.25, 0.3) is 0 Å². The third-order valence-electron chi connectivity index (χ3n) is 11.1. The molecule has 55 heavy (non-hydrogen) atoms. The van der Waals surface area contributed by atoms with Gasteiger partial charge in [-0.05, 0) is 50.7 Å². The van der Waals surface area contributed by atoms with Gasteiger partial charge >= 0.3 is 11.9 Å². The molecule has 0 spiro atoms. The van der Waals surface area contributed by atoms with Gasteiger partial charge in [0.2, 0.25) is 0 Å². The van der Waals surface area contributed by atoms with E-state index in [1.165, 1.54) is 35.0 Å². The molecular weight excluding hydrogens is 721 g/mol. The Morgan fingerprint density at radius 3 is 1.29 bits per heavy atom. The lowest BCUT2D eigenvalue weighted by molar-refractivity contribution is -0.145. The predicted molar refractivity (Wildman–Crippen MR) is 226 cm³/mol. The van der Waals surface area contributed by atoms with Crippen molar-refractivity contribution in [3.8, 4) is 0 Å². The molecule has 0 amide bonds. The molecule has 4 aromatic rings. The van der Waals surface area contributed by atoms with Crippen LogP contribution in [0.2, 0.25) is 10.1 Å². The van der Waals surface area contributed by atoms with E-state index in [0.29, 0.717) is 19.4 Å². The zero-order chi connectivity index (χ0) is 39.9. The van der Waals surface area contributed by atoms with Crippen molar-refractivity contribution in [1.82, 2.24) is 10.2 Å². The number of benzene rings is 4. The number of rotatable bonds is 10. The molecular formula is C45H60N2O6Si2. The van der Waals surface area contributed by atoms with Crippen LogP contribution < -0.4 is 26.1 Å². The summed E-state index contributed by atoms with van der Waals surface area (Å²) in [5.74, 6) is -0.403. The molecule has 4 atom stereocenters. The molecule has 10 heteroatoms. The number of hydrogen-bond donors (Lipinski definition) is 1. The van der Waals surface area contributed by atoms with Crippen molar-refractivity contribution in [2.45, 2.75) is 88.8 Å². The van der Waals surface area contributed by atoms with Crippen LogP contribution in [-0.4, -0.2) is 92.1 Å². The van der Waals surface area contributed by atoms with E-state index in [0.717, 1.165) is 6.54 Å². The molecule has 2 saturated heterocycles. The maximum atomic E-state index is 12.2. The Morgan fingerprint density at radius 2 is 0.945 bits per heavy atom. The highest BCUT2D eigenvalue weighted by atomic mass is 28.4. The van der Waals surface area contributed by atoms with Crippen LogP contribution in [0.15, 0.2) is 121 Å². The first-order valence-electron chi connectivity index (χ1n) is 19.3. The minimum absolute atomic E-state index is 0.0135.